The van der Waals surface area contributed by atoms with E-state index in [2.05, 4.69) is 5.16 Å². The van der Waals surface area contributed by atoms with E-state index >= 15 is 0 Å². The van der Waals surface area contributed by atoms with Gasteiger partial charge in [0.05, 0.1) is 7.11 Å². The number of methoxy groups -OCH3 is 1. The average molecular weight is 271 g/mol. The third kappa shape index (κ3) is 3.00. The molecule has 0 amide bonds. The monoisotopic (exact) mass is 271 g/mol. The molecule has 0 heterocycles. The number of benzene rings is 1. The number of nitrogens with zero attached hydrogens (tertiary/aromatic N) is 1. The minimum atomic E-state index is -0.618. The second kappa shape index (κ2) is 5.97. The predicted molar refractivity (Wildman–Crippen MR) is 73.7 cm³/mol. The number of carbonyl (C=O) groups is 2. The molecule has 0 saturated heterocycles. The molecule has 0 radical (unpaired) electrons. The molecule has 0 aromatic heterocycles. The third-order valence-electron chi connectivity index (χ3n) is 2.72. The first-order valence-electron chi connectivity index (χ1n) is 5.95. The summed E-state index contributed by atoms with van der Waals surface area (Å²) in [4.78, 5) is 27.9. The lowest BCUT2D eigenvalue weighted by Crippen LogP contribution is -2.09. The van der Waals surface area contributed by atoms with Crippen LogP contribution < -0.4 is 4.74 Å². The van der Waals surface area contributed by atoms with Crippen molar-refractivity contribution in [2.45, 2.75) is 6.92 Å². The summed E-state index contributed by atoms with van der Waals surface area (Å²) in [6.07, 6.45) is 4.30. The van der Waals surface area contributed by atoms with Gasteiger partial charge in [-0.3, -0.25) is 4.79 Å². The predicted octanol–water partition coefficient (Wildman–Crippen LogP) is 2.29. The molecular formula is C15H13NO4. The van der Waals surface area contributed by atoms with Gasteiger partial charge in [0.1, 0.15) is 17.0 Å². The second-order valence-electron chi connectivity index (χ2n) is 4.12. The van der Waals surface area contributed by atoms with Crippen LogP contribution in [-0.4, -0.2) is 24.6 Å². The lowest BCUT2D eigenvalue weighted by Gasteiger charge is -2.07. The molecule has 1 aliphatic carbocycles. The summed E-state index contributed by atoms with van der Waals surface area (Å²) in [5, 5.41) is 3.75. The van der Waals surface area contributed by atoms with Crippen LogP contribution in [0.2, 0.25) is 0 Å². The summed E-state index contributed by atoms with van der Waals surface area (Å²) in [7, 11) is 1.47. The van der Waals surface area contributed by atoms with E-state index in [1.165, 1.54) is 25.3 Å². The smallest absolute Gasteiger partial charge is 0.369 e. The third-order valence-corrected chi connectivity index (χ3v) is 2.72. The van der Waals surface area contributed by atoms with Crippen molar-refractivity contribution in [1.29, 1.82) is 0 Å². The molecule has 0 atom stereocenters. The second-order valence-corrected chi connectivity index (χ2v) is 4.12. The molecule has 1 aromatic carbocycles. The highest BCUT2D eigenvalue weighted by Crippen LogP contribution is 2.18. The van der Waals surface area contributed by atoms with E-state index in [-0.39, 0.29) is 11.3 Å². The maximum Gasteiger partial charge on any atom is 0.369 e. The molecular weight excluding hydrogens is 258 g/mol. The molecule has 0 spiro atoms. The van der Waals surface area contributed by atoms with E-state index in [1.54, 1.807) is 31.2 Å². The molecule has 0 saturated carbocycles. The molecule has 5 heteroatoms. The van der Waals surface area contributed by atoms with Crippen LogP contribution in [0.15, 0.2) is 53.2 Å². The highest BCUT2D eigenvalue weighted by Gasteiger charge is 2.14. The van der Waals surface area contributed by atoms with E-state index in [9.17, 15) is 9.59 Å². The Morgan fingerprint density at radius 1 is 1.20 bits per heavy atom. The van der Waals surface area contributed by atoms with E-state index in [1.807, 2.05) is 0 Å². The summed E-state index contributed by atoms with van der Waals surface area (Å²) in [6, 6.07) is 6.71. The van der Waals surface area contributed by atoms with Gasteiger partial charge in [-0.1, -0.05) is 17.3 Å². The summed E-state index contributed by atoms with van der Waals surface area (Å²) < 4.78 is 5.07. The Morgan fingerprint density at radius 3 is 2.65 bits per heavy atom. The van der Waals surface area contributed by atoms with Crippen molar-refractivity contribution in [3.63, 3.8) is 0 Å². The number of carbonyl (C=O) groups excluding carboxylic acids is 2. The van der Waals surface area contributed by atoms with Crippen molar-refractivity contribution in [2.75, 3.05) is 7.11 Å². The Labute approximate surface area is 116 Å². The van der Waals surface area contributed by atoms with Gasteiger partial charge in [0, 0.05) is 0 Å². The fourth-order valence-corrected chi connectivity index (χ4v) is 1.68. The van der Waals surface area contributed by atoms with Gasteiger partial charge >= 0.3 is 5.97 Å². The van der Waals surface area contributed by atoms with Crippen molar-refractivity contribution in [2.24, 2.45) is 5.16 Å². The zero-order valence-electron chi connectivity index (χ0n) is 11.1. The highest BCUT2D eigenvalue weighted by atomic mass is 16.7. The van der Waals surface area contributed by atoms with Crippen molar-refractivity contribution in [3.8, 4) is 5.75 Å². The number of rotatable bonds is 3. The zero-order valence-corrected chi connectivity index (χ0v) is 11.1. The summed E-state index contributed by atoms with van der Waals surface area (Å²) >= 11 is 0. The molecule has 0 N–H and O–H groups in total. The first kappa shape index (κ1) is 13.7. The Hall–Kier alpha value is -2.69. The van der Waals surface area contributed by atoms with Gasteiger partial charge in [-0.15, -0.1) is 0 Å². The van der Waals surface area contributed by atoms with Crippen molar-refractivity contribution < 1.29 is 19.2 Å². The molecule has 2 rings (SSSR count). The van der Waals surface area contributed by atoms with Gasteiger partial charge in [0.25, 0.3) is 0 Å². The topological polar surface area (TPSA) is 65.0 Å². The molecule has 1 aliphatic rings. The Morgan fingerprint density at radius 2 is 1.95 bits per heavy atom. The maximum atomic E-state index is 11.9. The minimum Gasteiger partial charge on any atom is -0.496 e. The van der Waals surface area contributed by atoms with Gasteiger partial charge in [-0.05, 0) is 42.9 Å². The van der Waals surface area contributed by atoms with Crippen LogP contribution >= 0.6 is 0 Å². The van der Waals surface area contributed by atoms with Crippen LogP contribution in [0, 0.1) is 0 Å². The summed E-state index contributed by atoms with van der Waals surface area (Å²) in [6.45, 7) is 1.72. The number of oxime groups is 1. The largest absolute Gasteiger partial charge is 0.496 e. The van der Waals surface area contributed by atoms with Crippen LogP contribution in [0.5, 0.6) is 5.75 Å². The molecule has 5 nitrogen and oxygen atoms in total. The standard InChI is InChI=1S/C15H13NO4/c1-10-9-11(17)7-8-13(10)16-20-15(18)12-5-3-4-6-14(12)19-2/h3-9H,1-2H3/b16-13-. The summed E-state index contributed by atoms with van der Waals surface area (Å²) in [5.41, 5.74) is 1.37. The van der Waals surface area contributed by atoms with E-state index in [4.69, 9.17) is 9.57 Å². The van der Waals surface area contributed by atoms with E-state index in [0.29, 0.717) is 17.0 Å². The van der Waals surface area contributed by atoms with Crippen LogP contribution in [0.4, 0.5) is 0 Å². The van der Waals surface area contributed by atoms with Crippen LogP contribution in [-0.2, 0) is 9.63 Å². The van der Waals surface area contributed by atoms with Gasteiger partial charge in [-0.25, -0.2) is 4.79 Å². The normalized spacial score (nSPS) is 16.0. The summed E-state index contributed by atoms with van der Waals surface area (Å²) in [5.74, 6) is -0.315. The van der Waals surface area contributed by atoms with Crippen molar-refractivity contribution in [3.05, 3.63) is 53.6 Å². The molecule has 0 unspecified atom stereocenters. The molecule has 0 bridgehead atoms. The number of hydrogen-bond donors (Lipinski definition) is 0. The minimum absolute atomic E-state index is 0.113. The molecule has 0 aliphatic heterocycles. The lowest BCUT2D eigenvalue weighted by atomic mass is 10.1. The zero-order chi connectivity index (χ0) is 14.5. The number of allylic oxidation sites excluding steroid dienone is 4. The van der Waals surface area contributed by atoms with Crippen molar-refractivity contribution in [1.82, 2.24) is 0 Å². The van der Waals surface area contributed by atoms with Crippen LogP contribution in [0.25, 0.3) is 0 Å². The van der Waals surface area contributed by atoms with Crippen LogP contribution in [0.3, 0.4) is 0 Å². The van der Waals surface area contributed by atoms with Gasteiger partial charge in [0.2, 0.25) is 0 Å². The molecule has 102 valence electrons. The lowest BCUT2D eigenvalue weighted by molar-refractivity contribution is -0.110. The number of ketones is 1. The average Bonchev–Trinajstić information content (AvgIpc) is 2.46. The van der Waals surface area contributed by atoms with Crippen molar-refractivity contribution >= 4 is 17.5 Å². The Kier molecular flexibility index (Phi) is 4.10. The highest BCUT2D eigenvalue weighted by molar-refractivity contribution is 6.19. The van der Waals surface area contributed by atoms with Crippen LogP contribution in [0.1, 0.15) is 17.3 Å². The number of hydrogen-bond acceptors (Lipinski definition) is 5. The van der Waals surface area contributed by atoms with E-state index < -0.39 is 5.97 Å². The SMILES string of the molecule is COc1ccccc1C(=O)O/N=C1/C=CC(=O)C=C1C. The molecule has 0 fully saturated rings. The number of ether oxygens (including phenoxy) is 1. The van der Waals surface area contributed by atoms with Gasteiger partial charge < -0.3 is 9.57 Å². The molecule has 20 heavy (non-hydrogen) atoms. The van der Waals surface area contributed by atoms with Gasteiger partial charge in [0.15, 0.2) is 5.78 Å². The fraction of sp³-hybridized carbons (Fsp3) is 0.133. The van der Waals surface area contributed by atoms with E-state index in [0.717, 1.165) is 0 Å². The van der Waals surface area contributed by atoms with Gasteiger partial charge in [-0.2, -0.15) is 0 Å². The first-order chi connectivity index (χ1) is 9.61. The number of para-hydroxylation sites is 1. The maximum absolute atomic E-state index is 11.9. The Balaban J connectivity index is 2.15. The quantitative estimate of drug-likeness (QED) is 0.480. The Bertz CT molecular complexity index is 641. The fourth-order valence-electron chi connectivity index (χ4n) is 1.68. The molecule has 1 aromatic rings. The first-order valence-corrected chi connectivity index (χ1v) is 5.95.